The predicted octanol–water partition coefficient (Wildman–Crippen LogP) is 5.14. The first kappa shape index (κ1) is 29.4. The summed E-state index contributed by atoms with van der Waals surface area (Å²) in [4.78, 5) is 18.3. The number of H-pyrrole nitrogens is 1. The van der Waals surface area contributed by atoms with Gasteiger partial charge in [0, 0.05) is 18.5 Å². The first-order valence-corrected chi connectivity index (χ1v) is 15.1. The van der Waals surface area contributed by atoms with Crippen molar-refractivity contribution < 1.29 is 15.0 Å². The maximum Gasteiger partial charge on any atom is 0.321 e. The molecular formula is C36H39N5O3. The van der Waals surface area contributed by atoms with E-state index in [9.17, 15) is 15.0 Å². The molecule has 0 bridgehead atoms. The summed E-state index contributed by atoms with van der Waals surface area (Å²) >= 11 is 0. The Balaban J connectivity index is 1.43. The van der Waals surface area contributed by atoms with Crippen molar-refractivity contribution in [3.05, 3.63) is 130 Å². The molecule has 1 saturated heterocycles. The molecule has 5 aromatic rings. The monoisotopic (exact) mass is 589 g/mol. The summed E-state index contributed by atoms with van der Waals surface area (Å²) in [5.41, 5.74) is 12.9. The minimum Gasteiger partial charge on any atom is -0.388 e. The summed E-state index contributed by atoms with van der Waals surface area (Å²) in [6.45, 7) is 4.57. The number of nitrogens with two attached hydrogens (primary N) is 1. The largest absolute Gasteiger partial charge is 0.388 e. The fourth-order valence-electron chi connectivity index (χ4n) is 6.19. The van der Waals surface area contributed by atoms with Crippen molar-refractivity contribution in [1.29, 1.82) is 0 Å². The van der Waals surface area contributed by atoms with Gasteiger partial charge in [0.05, 0.1) is 17.6 Å². The van der Waals surface area contributed by atoms with Crippen LogP contribution in [0.15, 0.2) is 97.1 Å². The summed E-state index contributed by atoms with van der Waals surface area (Å²) in [7, 11) is 0. The normalized spacial score (nSPS) is 20.7. The molecule has 4 atom stereocenters. The van der Waals surface area contributed by atoms with E-state index in [1.165, 1.54) is 0 Å². The Kier molecular flexibility index (Phi) is 8.37. The molecule has 44 heavy (non-hydrogen) atoms. The third kappa shape index (κ3) is 6.18. The molecule has 0 radical (unpaired) electrons. The summed E-state index contributed by atoms with van der Waals surface area (Å²) in [5, 5.41) is 31.7. The molecule has 8 heteroatoms. The second-order valence-electron chi connectivity index (χ2n) is 12.0. The van der Waals surface area contributed by atoms with E-state index < -0.39 is 24.3 Å². The van der Waals surface area contributed by atoms with Crippen molar-refractivity contribution >= 4 is 22.8 Å². The molecule has 0 spiro atoms. The number of anilines is 1. The SMILES string of the molecule is Cc1ccc(C[C@@H]2[C@H](O)[C@@H](O)[C@@H](Cc3ccc(C)cc3)N(Cc3ccc4[nH]nc(N)c4c3)C(=O)N2Cc2ccccc2)cc1. The van der Waals surface area contributed by atoms with Crippen molar-refractivity contribution in [1.82, 2.24) is 20.0 Å². The highest BCUT2D eigenvalue weighted by Gasteiger charge is 2.46. The van der Waals surface area contributed by atoms with Crippen LogP contribution in [0.5, 0.6) is 0 Å². The standard InChI is InChI=1S/C36H39N5O3/c1-23-8-12-25(13-9-23)19-31-33(42)34(43)32(20-26-14-10-24(2)11-15-26)41(36(44)40(31)21-27-6-4-3-5-7-27)22-28-16-17-30-29(18-28)35(37)39-38-30/h3-18,31-34,42-43H,19-22H2,1-2H3,(H3,37,38,39)/t31-,32-,33+,34+/m1/s1. The molecule has 226 valence electrons. The number of aryl methyl sites for hydroxylation is 2. The van der Waals surface area contributed by atoms with Crippen LogP contribution in [-0.2, 0) is 25.9 Å². The zero-order valence-electron chi connectivity index (χ0n) is 25.1. The molecular weight excluding hydrogens is 550 g/mol. The molecule has 1 fully saturated rings. The van der Waals surface area contributed by atoms with Gasteiger partial charge in [-0.2, -0.15) is 5.10 Å². The van der Waals surface area contributed by atoms with Crippen molar-refractivity contribution in [2.24, 2.45) is 0 Å². The third-order valence-electron chi connectivity index (χ3n) is 8.77. The van der Waals surface area contributed by atoms with E-state index in [1.54, 1.807) is 9.80 Å². The van der Waals surface area contributed by atoms with Gasteiger partial charge >= 0.3 is 6.03 Å². The number of aliphatic hydroxyl groups excluding tert-OH is 2. The van der Waals surface area contributed by atoms with Gasteiger partial charge < -0.3 is 25.7 Å². The summed E-state index contributed by atoms with van der Waals surface area (Å²) in [6, 6.07) is 30.2. The zero-order chi connectivity index (χ0) is 30.8. The van der Waals surface area contributed by atoms with Crippen LogP contribution in [0.3, 0.4) is 0 Å². The van der Waals surface area contributed by atoms with Gasteiger partial charge in [-0.15, -0.1) is 0 Å². The van der Waals surface area contributed by atoms with E-state index in [0.29, 0.717) is 25.2 Å². The van der Waals surface area contributed by atoms with Gasteiger partial charge in [-0.25, -0.2) is 4.79 Å². The number of nitrogens with zero attached hydrogens (tertiary/aromatic N) is 3. The van der Waals surface area contributed by atoms with Gasteiger partial charge in [0.15, 0.2) is 5.82 Å². The minimum absolute atomic E-state index is 0.224. The van der Waals surface area contributed by atoms with E-state index in [2.05, 4.69) is 10.2 Å². The molecule has 5 N–H and O–H groups in total. The van der Waals surface area contributed by atoms with Crippen LogP contribution in [0.1, 0.15) is 33.4 Å². The van der Waals surface area contributed by atoms with E-state index in [-0.39, 0.29) is 12.6 Å². The van der Waals surface area contributed by atoms with Crippen LogP contribution in [0.4, 0.5) is 10.6 Å². The van der Waals surface area contributed by atoms with Crippen LogP contribution in [0.25, 0.3) is 10.9 Å². The Morgan fingerprint density at radius 3 is 1.75 bits per heavy atom. The van der Waals surface area contributed by atoms with Gasteiger partial charge in [-0.3, -0.25) is 5.10 Å². The lowest BCUT2D eigenvalue weighted by Gasteiger charge is -2.36. The molecule has 4 aromatic carbocycles. The Bertz CT molecular complexity index is 1720. The lowest BCUT2D eigenvalue weighted by atomic mass is 9.90. The number of fused-ring (bicyclic) bond motifs is 1. The molecule has 6 rings (SSSR count). The van der Waals surface area contributed by atoms with Crippen molar-refractivity contribution in [3.63, 3.8) is 0 Å². The number of hydrogen-bond donors (Lipinski definition) is 4. The Morgan fingerprint density at radius 2 is 1.20 bits per heavy atom. The number of nitrogens with one attached hydrogen (secondary N) is 1. The van der Waals surface area contributed by atoms with Gasteiger partial charge in [0.1, 0.15) is 12.2 Å². The smallest absolute Gasteiger partial charge is 0.321 e. The number of carbonyl (C=O) groups is 1. The maximum atomic E-state index is 14.8. The molecule has 1 aromatic heterocycles. The number of nitrogen functional groups attached to an aromatic ring is 1. The van der Waals surface area contributed by atoms with Gasteiger partial charge in [-0.1, -0.05) is 96.1 Å². The third-order valence-corrected chi connectivity index (χ3v) is 8.77. The number of aromatic nitrogens is 2. The molecule has 0 saturated carbocycles. The van der Waals surface area contributed by atoms with E-state index in [0.717, 1.165) is 44.3 Å². The molecule has 2 heterocycles. The van der Waals surface area contributed by atoms with Crippen molar-refractivity contribution in [2.75, 3.05) is 5.73 Å². The van der Waals surface area contributed by atoms with Gasteiger partial charge in [0.25, 0.3) is 0 Å². The molecule has 1 aliphatic rings. The fraction of sp³-hybridized carbons (Fsp3) is 0.278. The first-order chi connectivity index (χ1) is 21.3. The summed E-state index contributed by atoms with van der Waals surface area (Å²) < 4.78 is 0. The fourth-order valence-corrected chi connectivity index (χ4v) is 6.19. The second-order valence-corrected chi connectivity index (χ2v) is 12.0. The van der Waals surface area contributed by atoms with Crippen LogP contribution in [0.2, 0.25) is 0 Å². The Hall–Kier alpha value is -4.66. The average molecular weight is 590 g/mol. The zero-order valence-corrected chi connectivity index (χ0v) is 25.1. The number of aliphatic hydroxyl groups is 2. The molecule has 0 aliphatic carbocycles. The van der Waals surface area contributed by atoms with Crippen LogP contribution >= 0.6 is 0 Å². The van der Waals surface area contributed by atoms with Gasteiger partial charge in [0.2, 0.25) is 0 Å². The van der Waals surface area contributed by atoms with E-state index >= 15 is 0 Å². The lowest BCUT2D eigenvalue weighted by molar-refractivity contribution is -0.0408. The lowest BCUT2D eigenvalue weighted by Crippen LogP contribution is -2.50. The highest BCUT2D eigenvalue weighted by molar-refractivity contribution is 5.89. The summed E-state index contributed by atoms with van der Waals surface area (Å²) in [5.74, 6) is 0.388. The average Bonchev–Trinajstić information content (AvgIpc) is 3.39. The number of rotatable bonds is 8. The van der Waals surface area contributed by atoms with Crippen LogP contribution in [0, 0.1) is 13.8 Å². The predicted molar refractivity (Wildman–Crippen MR) is 173 cm³/mol. The van der Waals surface area contributed by atoms with E-state index in [4.69, 9.17) is 5.73 Å². The topological polar surface area (TPSA) is 119 Å². The highest BCUT2D eigenvalue weighted by atomic mass is 16.3. The minimum atomic E-state index is -1.20. The quantitative estimate of drug-likeness (QED) is 0.200. The Labute approximate surface area is 257 Å². The number of benzene rings is 4. The molecule has 8 nitrogen and oxygen atoms in total. The maximum absolute atomic E-state index is 14.8. The van der Waals surface area contributed by atoms with Crippen LogP contribution < -0.4 is 5.73 Å². The summed E-state index contributed by atoms with van der Waals surface area (Å²) in [6.07, 6.45) is -1.59. The van der Waals surface area contributed by atoms with Crippen molar-refractivity contribution in [3.8, 4) is 0 Å². The molecule has 2 amide bonds. The number of aromatic amines is 1. The number of amides is 2. The van der Waals surface area contributed by atoms with Gasteiger partial charge in [-0.05, 0) is 61.1 Å². The molecule has 1 aliphatic heterocycles. The second kappa shape index (κ2) is 12.5. The highest BCUT2D eigenvalue weighted by Crippen LogP contribution is 2.31. The first-order valence-electron chi connectivity index (χ1n) is 15.1. The van der Waals surface area contributed by atoms with E-state index in [1.807, 2.05) is 111 Å². The number of carbonyl (C=O) groups excluding carboxylic acids is 1. The Morgan fingerprint density at radius 1 is 0.705 bits per heavy atom. The van der Waals surface area contributed by atoms with Crippen LogP contribution in [-0.4, -0.2) is 60.5 Å². The van der Waals surface area contributed by atoms with Crippen molar-refractivity contribution in [2.45, 2.75) is 64.1 Å². The molecule has 0 unspecified atom stereocenters. The number of hydrogen-bond acceptors (Lipinski definition) is 5. The number of urea groups is 1.